The maximum atomic E-state index is 6.03. The minimum absolute atomic E-state index is 0.715. The van der Waals surface area contributed by atoms with Crippen LogP contribution in [0.25, 0.3) is 33.2 Å². The molecule has 0 saturated heterocycles. The Hall–Kier alpha value is -2.32. The molecule has 0 radical (unpaired) electrons. The molecule has 4 aromatic rings. The summed E-state index contributed by atoms with van der Waals surface area (Å²) in [5, 5.41) is 2.93. The van der Waals surface area contributed by atoms with Crippen LogP contribution >= 0.6 is 11.6 Å². The van der Waals surface area contributed by atoms with Gasteiger partial charge in [-0.05, 0) is 31.2 Å². The van der Waals surface area contributed by atoms with Crippen molar-refractivity contribution in [2.45, 2.75) is 6.92 Å². The van der Waals surface area contributed by atoms with Crippen LogP contribution in [0, 0.1) is 6.92 Å². The number of furan rings is 1. The third-order valence-electron chi connectivity index (χ3n) is 3.61. The third kappa shape index (κ3) is 1.99. The van der Waals surface area contributed by atoms with Crippen LogP contribution in [0.4, 0.5) is 0 Å². The molecule has 0 spiro atoms. The summed E-state index contributed by atoms with van der Waals surface area (Å²) >= 11 is 5.97. The van der Waals surface area contributed by atoms with Crippen LogP contribution < -0.4 is 0 Å². The molecule has 0 bridgehead atoms. The van der Waals surface area contributed by atoms with Crippen molar-refractivity contribution in [3.05, 3.63) is 65.3 Å². The molecule has 0 aliphatic heterocycles. The van der Waals surface area contributed by atoms with Gasteiger partial charge in [0.25, 0.3) is 0 Å². The summed E-state index contributed by atoms with van der Waals surface area (Å²) in [6.45, 7) is 2.00. The second-order valence-corrected chi connectivity index (χ2v) is 5.53. The van der Waals surface area contributed by atoms with Crippen LogP contribution in [-0.4, -0.2) is 4.98 Å². The summed E-state index contributed by atoms with van der Waals surface area (Å²) in [6.07, 6.45) is 0. The topological polar surface area (TPSA) is 26.0 Å². The first-order valence-electron chi connectivity index (χ1n) is 6.77. The number of hydrogen-bond acceptors (Lipinski definition) is 2. The first kappa shape index (κ1) is 12.4. The summed E-state index contributed by atoms with van der Waals surface area (Å²) < 4.78 is 6.03. The molecular weight excluding hydrogens is 282 g/mol. The lowest BCUT2D eigenvalue weighted by Gasteiger charge is -2.04. The lowest BCUT2D eigenvalue weighted by Crippen LogP contribution is -1.87. The van der Waals surface area contributed by atoms with Gasteiger partial charge < -0.3 is 4.42 Å². The molecule has 0 atom stereocenters. The molecule has 2 heterocycles. The molecule has 0 aliphatic carbocycles. The zero-order valence-electron chi connectivity index (χ0n) is 11.4. The highest BCUT2D eigenvalue weighted by molar-refractivity contribution is 6.30. The average molecular weight is 294 g/mol. The molecule has 3 heteroatoms. The Balaban J connectivity index is 2.10. The van der Waals surface area contributed by atoms with Gasteiger partial charge in [0.05, 0.1) is 0 Å². The Morgan fingerprint density at radius 1 is 0.952 bits per heavy atom. The smallest absolute Gasteiger partial charge is 0.161 e. The molecule has 0 unspecified atom stereocenters. The highest BCUT2D eigenvalue weighted by Crippen LogP contribution is 2.35. The molecule has 0 aliphatic rings. The van der Waals surface area contributed by atoms with Crippen LogP contribution in [0.2, 0.25) is 5.02 Å². The second-order valence-electron chi connectivity index (χ2n) is 5.09. The molecule has 2 aromatic heterocycles. The Morgan fingerprint density at radius 3 is 2.52 bits per heavy atom. The lowest BCUT2D eigenvalue weighted by molar-refractivity contribution is 0.668. The molecule has 0 fully saturated rings. The number of fused-ring (bicyclic) bond motifs is 3. The van der Waals surface area contributed by atoms with E-state index in [0.717, 1.165) is 38.9 Å². The maximum absolute atomic E-state index is 6.03. The van der Waals surface area contributed by atoms with Crippen LogP contribution in [0.5, 0.6) is 0 Å². The number of para-hydroxylation sites is 1. The molecule has 4 rings (SSSR count). The number of pyridine rings is 1. The van der Waals surface area contributed by atoms with Gasteiger partial charge in [-0.15, -0.1) is 0 Å². The predicted molar refractivity (Wildman–Crippen MR) is 86.7 cm³/mol. The fourth-order valence-electron chi connectivity index (χ4n) is 2.66. The zero-order chi connectivity index (χ0) is 14.4. The minimum Gasteiger partial charge on any atom is -0.454 e. The van der Waals surface area contributed by atoms with Crippen molar-refractivity contribution in [1.82, 2.24) is 4.98 Å². The number of rotatable bonds is 1. The molecule has 2 nitrogen and oxygen atoms in total. The Bertz CT molecular complexity index is 954. The number of benzene rings is 2. The van der Waals surface area contributed by atoms with E-state index in [1.807, 2.05) is 49.4 Å². The van der Waals surface area contributed by atoms with E-state index in [1.54, 1.807) is 0 Å². The SMILES string of the molecule is Cc1cc2c(oc3ccccc32)c(-c2ccc(Cl)cc2)n1. The minimum atomic E-state index is 0.715. The Morgan fingerprint density at radius 2 is 1.71 bits per heavy atom. The third-order valence-corrected chi connectivity index (χ3v) is 3.86. The van der Waals surface area contributed by atoms with Crippen LogP contribution in [-0.2, 0) is 0 Å². The number of aryl methyl sites for hydroxylation is 1. The number of nitrogens with zero attached hydrogens (tertiary/aromatic N) is 1. The fraction of sp³-hybridized carbons (Fsp3) is 0.0556. The van der Waals surface area contributed by atoms with Crippen molar-refractivity contribution in [2.24, 2.45) is 0 Å². The molecule has 21 heavy (non-hydrogen) atoms. The van der Waals surface area contributed by atoms with Crippen molar-refractivity contribution in [1.29, 1.82) is 0 Å². The summed E-state index contributed by atoms with van der Waals surface area (Å²) in [5.74, 6) is 0. The van der Waals surface area contributed by atoms with Crippen LogP contribution in [0.3, 0.4) is 0 Å². The molecule has 102 valence electrons. The summed E-state index contributed by atoms with van der Waals surface area (Å²) in [6, 6.07) is 17.8. The Kier molecular flexibility index (Phi) is 2.72. The van der Waals surface area contributed by atoms with Crippen molar-refractivity contribution >= 4 is 33.5 Å². The highest BCUT2D eigenvalue weighted by Gasteiger charge is 2.14. The molecule has 0 saturated carbocycles. The van der Waals surface area contributed by atoms with E-state index in [4.69, 9.17) is 16.0 Å². The van der Waals surface area contributed by atoms with Gasteiger partial charge in [0, 0.05) is 27.1 Å². The maximum Gasteiger partial charge on any atom is 0.161 e. The summed E-state index contributed by atoms with van der Waals surface area (Å²) in [4.78, 5) is 4.66. The largest absolute Gasteiger partial charge is 0.454 e. The van der Waals surface area contributed by atoms with Crippen molar-refractivity contribution in [2.75, 3.05) is 0 Å². The van der Waals surface area contributed by atoms with E-state index in [0.29, 0.717) is 5.02 Å². The van der Waals surface area contributed by atoms with E-state index in [1.165, 1.54) is 0 Å². The summed E-state index contributed by atoms with van der Waals surface area (Å²) in [7, 11) is 0. The zero-order valence-corrected chi connectivity index (χ0v) is 12.2. The lowest BCUT2D eigenvalue weighted by atomic mass is 10.1. The van der Waals surface area contributed by atoms with E-state index in [2.05, 4.69) is 17.1 Å². The van der Waals surface area contributed by atoms with E-state index in [-0.39, 0.29) is 0 Å². The first-order chi connectivity index (χ1) is 10.2. The van der Waals surface area contributed by atoms with Crippen molar-refractivity contribution in [3.63, 3.8) is 0 Å². The van der Waals surface area contributed by atoms with E-state index >= 15 is 0 Å². The molecule has 2 aromatic carbocycles. The average Bonchev–Trinajstić information content (AvgIpc) is 2.86. The van der Waals surface area contributed by atoms with E-state index < -0.39 is 0 Å². The molecule has 0 N–H and O–H groups in total. The van der Waals surface area contributed by atoms with Gasteiger partial charge in [-0.25, -0.2) is 4.98 Å². The van der Waals surface area contributed by atoms with Gasteiger partial charge >= 0.3 is 0 Å². The summed E-state index contributed by atoms with van der Waals surface area (Å²) in [5.41, 5.74) is 4.54. The molecular formula is C18H12ClNO. The first-order valence-corrected chi connectivity index (χ1v) is 7.15. The van der Waals surface area contributed by atoms with Gasteiger partial charge in [0.1, 0.15) is 11.3 Å². The van der Waals surface area contributed by atoms with E-state index in [9.17, 15) is 0 Å². The predicted octanol–water partition coefficient (Wildman–Crippen LogP) is 5.61. The quantitative estimate of drug-likeness (QED) is 0.456. The van der Waals surface area contributed by atoms with Gasteiger partial charge in [-0.2, -0.15) is 0 Å². The standard InChI is InChI=1S/C18H12ClNO/c1-11-10-15-14-4-2-3-5-16(14)21-18(15)17(20-11)12-6-8-13(19)9-7-12/h2-10H,1H3. The van der Waals surface area contributed by atoms with Gasteiger partial charge in [0.2, 0.25) is 0 Å². The van der Waals surface area contributed by atoms with Gasteiger partial charge in [-0.1, -0.05) is 41.9 Å². The van der Waals surface area contributed by atoms with Crippen molar-refractivity contribution in [3.8, 4) is 11.3 Å². The van der Waals surface area contributed by atoms with Crippen molar-refractivity contribution < 1.29 is 4.42 Å². The second kappa shape index (κ2) is 4.61. The number of aromatic nitrogens is 1. The Labute approximate surface area is 127 Å². The monoisotopic (exact) mass is 293 g/mol. The highest BCUT2D eigenvalue weighted by atomic mass is 35.5. The van der Waals surface area contributed by atoms with Gasteiger partial charge in [-0.3, -0.25) is 0 Å². The van der Waals surface area contributed by atoms with Gasteiger partial charge in [0.15, 0.2) is 5.58 Å². The van der Waals surface area contributed by atoms with Crippen LogP contribution in [0.1, 0.15) is 5.69 Å². The fourth-order valence-corrected chi connectivity index (χ4v) is 2.78. The molecule has 0 amide bonds. The number of halogens is 1. The normalized spacial score (nSPS) is 11.3. The number of hydrogen-bond donors (Lipinski definition) is 0. The van der Waals surface area contributed by atoms with Crippen LogP contribution in [0.15, 0.2) is 59.0 Å².